The van der Waals surface area contributed by atoms with Crippen LogP contribution in [-0.2, 0) is 15.1 Å². The summed E-state index contributed by atoms with van der Waals surface area (Å²) in [5, 5.41) is 9.40. The van der Waals surface area contributed by atoms with Crippen molar-refractivity contribution in [2.24, 2.45) is 0 Å². The van der Waals surface area contributed by atoms with Crippen LogP contribution in [0.3, 0.4) is 0 Å². The second-order valence-electron chi connectivity index (χ2n) is 4.21. The smallest absolute Gasteiger partial charge is 0.335 e. The first-order valence-corrected chi connectivity index (χ1v) is 5.34. The van der Waals surface area contributed by atoms with Gasteiger partial charge in [-0.3, -0.25) is 14.8 Å². The highest BCUT2D eigenvalue weighted by atomic mass is 16.4. The highest BCUT2D eigenvalue weighted by molar-refractivity contribution is 5.82. The van der Waals surface area contributed by atoms with E-state index in [0.717, 1.165) is 12.8 Å². The van der Waals surface area contributed by atoms with Crippen LogP contribution in [0.15, 0.2) is 18.6 Å². The van der Waals surface area contributed by atoms with Gasteiger partial charge >= 0.3 is 5.97 Å². The number of carbonyl (C=O) groups excluding carboxylic acids is 1. The fourth-order valence-corrected chi connectivity index (χ4v) is 1.81. The minimum atomic E-state index is -1.45. The molecule has 0 radical (unpaired) electrons. The van der Waals surface area contributed by atoms with Gasteiger partial charge in [-0.25, -0.2) is 4.79 Å². The Labute approximate surface area is 98.3 Å². The first-order chi connectivity index (χ1) is 8.10. The van der Waals surface area contributed by atoms with Gasteiger partial charge in [0.05, 0.1) is 11.9 Å². The molecule has 2 rings (SSSR count). The molecule has 0 bridgehead atoms. The third-order valence-electron chi connectivity index (χ3n) is 3.05. The summed E-state index contributed by atoms with van der Waals surface area (Å²) >= 11 is 0. The zero-order valence-corrected chi connectivity index (χ0v) is 9.41. The number of amides is 1. The number of carboxylic acids is 1. The average molecular weight is 235 g/mol. The maximum Gasteiger partial charge on any atom is 0.335 e. The van der Waals surface area contributed by atoms with Crippen LogP contribution in [0, 0.1) is 0 Å². The fourth-order valence-electron chi connectivity index (χ4n) is 1.81. The molecule has 1 amide bonds. The summed E-state index contributed by atoms with van der Waals surface area (Å²) < 4.78 is 0. The molecule has 1 aromatic heterocycles. The molecule has 1 aromatic rings. The molecule has 0 aliphatic heterocycles. The van der Waals surface area contributed by atoms with Crippen LogP contribution in [0.25, 0.3) is 0 Å². The van der Waals surface area contributed by atoms with Gasteiger partial charge in [-0.15, -0.1) is 0 Å². The van der Waals surface area contributed by atoms with Gasteiger partial charge in [0.1, 0.15) is 0 Å². The van der Waals surface area contributed by atoms with Crippen molar-refractivity contribution in [3.05, 3.63) is 24.3 Å². The van der Waals surface area contributed by atoms with Crippen molar-refractivity contribution < 1.29 is 14.7 Å². The predicted octanol–water partition coefficient (Wildman–Crippen LogP) is 0.397. The lowest BCUT2D eigenvalue weighted by Crippen LogP contribution is -2.51. The molecule has 0 saturated heterocycles. The monoisotopic (exact) mass is 235 g/mol. The maximum atomic E-state index is 11.5. The van der Waals surface area contributed by atoms with E-state index in [9.17, 15) is 14.7 Å². The van der Waals surface area contributed by atoms with E-state index in [0.29, 0.717) is 6.41 Å². The number of aliphatic carboxylic acids is 1. The number of nitrogens with zero attached hydrogens (tertiary/aromatic N) is 3. The Kier molecular flexibility index (Phi) is 2.79. The first-order valence-electron chi connectivity index (χ1n) is 5.34. The van der Waals surface area contributed by atoms with Crippen molar-refractivity contribution in [2.75, 3.05) is 0 Å². The van der Waals surface area contributed by atoms with Gasteiger partial charge in [0.2, 0.25) is 6.41 Å². The van der Waals surface area contributed by atoms with Crippen LogP contribution < -0.4 is 0 Å². The first kappa shape index (κ1) is 11.5. The Balaban J connectivity index is 2.45. The predicted molar refractivity (Wildman–Crippen MR) is 57.9 cm³/mol. The third kappa shape index (κ3) is 1.86. The largest absolute Gasteiger partial charge is 0.479 e. The van der Waals surface area contributed by atoms with Crippen molar-refractivity contribution in [1.82, 2.24) is 14.9 Å². The average Bonchev–Trinajstić information content (AvgIpc) is 3.15. The van der Waals surface area contributed by atoms with Gasteiger partial charge < -0.3 is 10.0 Å². The van der Waals surface area contributed by atoms with Crippen molar-refractivity contribution >= 4 is 12.4 Å². The van der Waals surface area contributed by atoms with Crippen LogP contribution in [0.1, 0.15) is 25.5 Å². The summed E-state index contributed by atoms with van der Waals surface area (Å²) in [4.78, 5) is 31.8. The zero-order valence-electron chi connectivity index (χ0n) is 9.41. The third-order valence-corrected chi connectivity index (χ3v) is 3.05. The van der Waals surface area contributed by atoms with Gasteiger partial charge in [-0.2, -0.15) is 0 Å². The van der Waals surface area contributed by atoms with E-state index >= 15 is 0 Å². The molecule has 17 heavy (non-hydrogen) atoms. The lowest BCUT2D eigenvalue weighted by Gasteiger charge is -2.34. The van der Waals surface area contributed by atoms with Crippen molar-refractivity contribution in [2.45, 2.75) is 31.3 Å². The molecule has 1 aliphatic carbocycles. The molecule has 1 heterocycles. The lowest BCUT2D eigenvalue weighted by atomic mass is 9.96. The van der Waals surface area contributed by atoms with Gasteiger partial charge in [-0.05, 0) is 19.8 Å². The molecule has 0 spiro atoms. The molecular weight excluding hydrogens is 222 g/mol. The van der Waals surface area contributed by atoms with E-state index < -0.39 is 11.5 Å². The highest BCUT2D eigenvalue weighted by Gasteiger charge is 2.48. The summed E-state index contributed by atoms with van der Waals surface area (Å²) in [6.45, 7) is 1.48. The molecule has 6 nitrogen and oxygen atoms in total. The summed E-state index contributed by atoms with van der Waals surface area (Å²) in [5.74, 6) is -1.10. The molecule has 1 aliphatic rings. The highest BCUT2D eigenvalue weighted by Crippen LogP contribution is 2.36. The van der Waals surface area contributed by atoms with Crippen LogP contribution in [-0.4, -0.2) is 38.4 Å². The molecule has 0 aromatic carbocycles. The topological polar surface area (TPSA) is 83.4 Å². The molecule has 1 unspecified atom stereocenters. The quantitative estimate of drug-likeness (QED) is 0.747. The normalized spacial score (nSPS) is 18.2. The minimum absolute atomic E-state index is 0.00407. The Morgan fingerprint density at radius 2 is 2.29 bits per heavy atom. The van der Waals surface area contributed by atoms with Gasteiger partial charge in [0.15, 0.2) is 5.54 Å². The van der Waals surface area contributed by atoms with Crippen molar-refractivity contribution in [3.8, 4) is 0 Å². The number of carboxylic acid groups (broad SMARTS) is 1. The number of aromatic nitrogens is 2. The molecular formula is C11H13N3O3. The molecule has 1 fully saturated rings. The van der Waals surface area contributed by atoms with Crippen LogP contribution in [0.5, 0.6) is 0 Å². The molecule has 6 heteroatoms. The number of hydrogen-bond acceptors (Lipinski definition) is 4. The summed E-state index contributed by atoms with van der Waals surface area (Å²) in [7, 11) is 0. The Morgan fingerprint density at radius 1 is 1.59 bits per heavy atom. The Morgan fingerprint density at radius 3 is 2.71 bits per heavy atom. The maximum absolute atomic E-state index is 11.5. The fraction of sp³-hybridized carbons (Fsp3) is 0.455. The van der Waals surface area contributed by atoms with Crippen LogP contribution >= 0.6 is 0 Å². The van der Waals surface area contributed by atoms with Gasteiger partial charge in [-0.1, -0.05) is 0 Å². The Hall–Kier alpha value is -1.98. The standard InChI is InChI=1S/C11H13N3O3/c1-11(10(16)17,9-6-12-4-5-13-9)14(7-15)8-2-3-8/h4-8H,2-3H2,1H3,(H,16,17). The van der Waals surface area contributed by atoms with E-state index in [1.54, 1.807) is 0 Å². The summed E-state index contributed by atoms with van der Waals surface area (Å²) in [6, 6.07) is -0.00407. The molecule has 1 N–H and O–H groups in total. The number of hydrogen-bond donors (Lipinski definition) is 1. The van der Waals surface area contributed by atoms with E-state index in [2.05, 4.69) is 9.97 Å². The van der Waals surface area contributed by atoms with E-state index in [-0.39, 0.29) is 11.7 Å². The molecule has 90 valence electrons. The van der Waals surface area contributed by atoms with Crippen molar-refractivity contribution in [3.63, 3.8) is 0 Å². The SMILES string of the molecule is CC(C(=O)O)(c1cnccn1)N(C=O)C1CC1. The lowest BCUT2D eigenvalue weighted by molar-refractivity contribution is -0.155. The second-order valence-corrected chi connectivity index (χ2v) is 4.21. The number of rotatable bonds is 5. The molecule has 1 saturated carbocycles. The minimum Gasteiger partial charge on any atom is -0.479 e. The van der Waals surface area contributed by atoms with Gasteiger partial charge in [0.25, 0.3) is 0 Å². The molecule has 1 atom stereocenters. The summed E-state index contributed by atoms with van der Waals surface area (Å²) in [6.07, 6.45) is 6.53. The number of carbonyl (C=O) groups is 2. The van der Waals surface area contributed by atoms with E-state index in [1.165, 1.54) is 30.4 Å². The summed E-state index contributed by atoms with van der Waals surface area (Å²) in [5.41, 5.74) is -1.18. The van der Waals surface area contributed by atoms with E-state index in [1.807, 2.05) is 0 Å². The second kappa shape index (κ2) is 4.12. The zero-order chi connectivity index (χ0) is 12.5. The van der Waals surface area contributed by atoms with E-state index in [4.69, 9.17) is 0 Å². The van der Waals surface area contributed by atoms with Crippen molar-refractivity contribution in [1.29, 1.82) is 0 Å². The van der Waals surface area contributed by atoms with Crippen LogP contribution in [0.2, 0.25) is 0 Å². The van der Waals surface area contributed by atoms with Gasteiger partial charge in [0, 0.05) is 18.4 Å². The Bertz CT molecular complexity index is 433. The van der Waals surface area contributed by atoms with Crippen LogP contribution in [0.4, 0.5) is 0 Å².